The van der Waals surface area contributed by atoms with E-state index in [1.165, 1.54) is 0 Å². The minimum Gasteiger partial charge on any atom is -0.340 e. The standard InChI is InChI=1S/C23H28N2O2/c1-18(26)23(16-20-11-6-3-7-12-20)13-8-14-25(17-23)22(27)21(24)15-19-9-4-2-5-10-19/h2-7,9-12,21H,8,13-17,24H2,1H3. The van der Waals surface area contributed by atoms with Crippen molar-refractivity contribution in [1.82, 2.24) is 4.90 Å². The zero-order chi connectivity index (χ0) is 19.3. The van der Waals surface area contributed by atoms with Crippen molar-refractivity contribution in [3.63, 3.8) is 0 Å². The van der Waals surface area contributed by atoms with Gasteiger partial charge in [-0.2, -0.15) is 0 Å². The number of nitrogens with zero attached hydrogens (tertiary/aromatic N) is 1. The van der Waals surface area contributed by atoms with Crippen LogP contribution in [-0.2, 0) is 22.4 Å². The van der Waals surface area contributed by atoms with E-state index in [0.717, 1.165) is 24.0 Å². The fourth-order valence-electron chi connectivity index (χ4n) is 4.05. The summed E-state index contributed by atoms with van der Waals surface area (Å²) in [5, 5.41) is 0. The van der Waals surface area contributed by atoms with Crippen molar-refractivity contribution in [3.8, 4) is 0 Å². The van der Waals surface area contributed by atoms with E-state index in [4.69, 9.17) is 5.73 Å². The van der Waals surface area contributed by atoms with E-state index in [1.807, 2.05) is 60.7 Å². The third-order valence-corrected chi connectivity index (χ3v) is 5.64. The number of carbonyl (C=O) groups is 2. The van der Waals surface area contributed by atoms with Crippen LogP contribution in [0.25, 0.3) is 0 Å². The molecule has 1 aliphatic heterocycles. The molecule has 1 saturated heterocycles. The number of hydrogen-bond acceptors (Lipinski definition) is 3. The van der Waals surface area contributed by atoms with Gasteiger partial charge >= 0.3 is 0 Å². The first-order chi connectivity index (χ1) is 13.0. The van der Waals surface area contributed by atoms with Gasteiger partial charge < -0.3 is 10.6 Å². The first-order valence-corrected chi connectivity index (χ1v) is 9.63. The molecule has 3 rings (SSSR count). The number of rotatable bonds is 6. The Morgan fingerprint density at radius 1 is 1.04 bits per heavy atom. The molecule has 0 saturated carbocycles. The first kappa shape index (κ1) is 19.3. The Hall–Kier alpha value is -2.46. The molecule has 1 heterocycles. The molecule has 2 unspecified atom stereocenters. The molecule has 2 N–H and O–H groups in total. The quantitative estimate of drug-likeness (QED) is 0.857. The number of amides is 1. The summed E-state index contributed by atoms with van der Waals surface area (Å²) in [5.74, 6) is 0.0951. The Balaban J connectivity index is 1.72. The number of Topliss-reactive ketones (excluding diaryl/α,β-unsaturated/α-hetero) is 1. The van der Waals surface area contributed by atoms with Gasteiger partial charge in [-0.25, -0.2) is 0 Å². The highest BCUT2D eigenvalue weighted by atomic mass is 16.2. The van der Waals surface area contributed by atoms with Crippen molar-refractivity contribution < 1.29 is 9.59 Å². The highest BCUT2D eigenvalue weighted by molar-refractivity contribution is 5.86. The molecule has 2 aromatic rings. The van der Waals surface area contributed by atoms with Crippen LogP contribution in [0, 0.1) is 5.41 Å². The SMILES string of the molecule is CC(=O)C1(Cc2ccccc2)CCCN(C(=O)C(N)Cc2ccccc2)C1. The van der Waals surface area contributed by atoms with E-state index in [0.29, 0.717) is 25.9 Å². The summed E-state index contributed by atoms with van der Waals surface area (Å²) in [4.78, 5) is 27.3. The number of carbonyl (C=O) groups excluding carboxylic acids is 2. The lowest BCUT2D eigenvalue weighted by Crippen LogP contribution is -2.54. The monoisotopic (exact) mass is 364 g/mol. The van der Waals surface area contributed by atoms with E-state index < -0.39 is 11.5 Å². The zero-order valence-electron chi connectivity index (χ0n) is 15.9. The van der Waals surface area contributed by atoms with Crippen molar-refractivity contribution in [2.75, 3.05) is 13.1 Å². The molecular weight excluding hydrogens is 336 g/mol. The molecule has 0 spiro atoms. The van der Waals surface area contributed by atoms with Gasteiger partial charge in [-0.1, -0.05) is 60.7 Å². The van der Waals surface area contributed by atoms with Gasteiger partial charge in [0.1, 0.15) is 5.78 Å². The predicted octanol–water partition coefficient (Wildman–Crippen LogP) is 3.00. The van der Waals surface area contributed by atoms with E-state index in [1.54, 1.807) is 11.8 Å². The average Bonchev–Trinajstić information content (AvgIpc) is 2.69. The molecule has 142 valence electrons. The Bertz CT molecular complexity index is 775. The lowest BCUT2D eigenvalue weighted by molar-refractivity contribution is -0.140. The van der Waals surface area contributed by atoms with Crippen molar-refractivity contribution in [1.29, 1.82) is 0 Å². The third-order valence-electron chi connectivity index (χ3n) is 5.64. The van der Waals surface area contributed by atoms with Gasteiger partial charge in [-0.3, -0.25) is 9.59 Å². The summed E-state index contributed by atoms with van der Waals surface area (Å²) in [6.45, 7) is 2.78. The van der Waals surface area contributed by atoms with Gasteiger partial charge in [-0.15, -0.1) is 0 Å². The topological polar surface area (TPSA) is 63.4 Å². The highest BCUT2D eigenvalue weighted by Gasteiger charge is 2.41. The molecule has 27 heavy (non-hydrogen) atoms. The number of likely N-dealkylation sites (tertiary alicyclic amines) is 1. The molecule has 0 aromatic heterocycles. The van der Waals surface area contributed by atoms with Crippen LogP contribution in [0.3, 0.4) is 0 Å². The predicted molar refractivity (Wildman–Crippen MR) is 107 cm³/mol. The van der Waals surface area contributed by atoms with Crippen molar-refractivity contribution in [2.24, 2.45) is 11.1 Å². The second kappa shape index (κ2) is 8.49. The molecular formula is C23H28N2O2. The average molecular weight is 364 g/mol. The van der Waals surface area contributed by atoms with Gasteiger partial charge in [0.15, 0.2) is 0 Å². The lowest BCUT2D eigenvalue weighted by atomic mass is 9.72. The second-order valence-corrected chi connectivity index (χ2v) is 7.66. The molecule has 0 bridgehead atoms. The molecule has 0 radical (unpaired) electrons. The maximum absolute atomic E-state index is 13.0. The molecule has 2 atom stereocenters. The zero-order valence-corrected chi connectivity index (χ0v) is 15.9. The van der Waals surface area contributed by atoms with E-state index in [2.05, 4.69) is 0 Å². The summed E-state index contributed by atoms with van der Waals surface area (Å²) in [5.41, 5.74) is 7.90. The Morgan fingerprint density at radius 3 is 2.22 bits per heavy atom. The summed E-state index contributed by atoms with van der Waals surface area (Å²) in [7, 11) is 0. The van der Waals surface area contributed by atoms with E-state index >= 15 is 0 Å². The maximum atomic E-state index is 13.0. The minimum atomic E-state index is -0.577. The fraction of sp³-hybridized carbons (Fsp3) is 0.391. The van der Waals surface area contributed by atoms with Crippen molar-refractivity contribution in [3.05, 3.63) is 71.8 Å². The highest BCUT2D eigenvalue weighted by Crippen LogP contribution is 2.35. The minimum absolute atomic E-state index is 0.0581. The molecule has 2 aromatic carbocycles. The van der Waals surface area contributed by atoms with Crippen LogP contribution in [0.1, 0.15) is 30.9 Å². The van der Waals surface area contributed by atoms with Gasteiger partial charge in [-0.05, 0) is 43.7 Å². The number of hydrogen-bond donors (Lipinski definition) is 1. The Kier molecular flexibility index (Phi) is 6.07. The molecule has 1 amide bonds. The summed E-state index contributed by atoms with van der Waals surface area (Å²) in [6, 6.07) is 19.3. The normalized spacial score (nSPS) is 20.9. The van der Waals surface area contributed by atoms with E-state index in [-0.39, 0.29) is 11.7 Å². The molecule has 1 fully saturated rings. The van der Waals surface area contributed by atoms with Crippen LogP contribution in [0.15, 0.2) is 60.7 Å². The van der Waals surface area contributed by atoms with Crippen LogP contribution < -0.4 is 5.73 Å². The van der Waals surface area contributed by atoms with E-state index in [9.17, 15) is 9.59 Å². The molecule has 4 heteroatoms. The smallest absolute Gasteiger partial charge is 0.239 e. The van der Waals surface area contributed by atoms with Crippen LogP contribution in [-0.4, -0.2) is 35.7 Å². The molecule has 1 aliphatic rings. The molecule has 0 aliphatic carbocycles. The van der Waals surface area contributed by atoms with Crippen molar-refractivity contribution in [2.45, 2.75) is 38.6 Å². The van der Waals surface area contributed by atoms with Gasteiger partial charge in [0, 0.05) is 13.1 Å². The number of nitrogens with two attached hydrogens (primary N) is 1. The largest absolute Gasteiger partial charge is 0.340 e. The first-order valence-electron chi connectivity index (χ1n) is 9.63. The number of ketones is 1. The van der Waals surface area contributed by atoms with Crippen LogP contribution in [0.4, 0.5) is 0 Å². The number of benzene rings is 2. The summed E-state index contributed by atoms with van der Waals surface area (Å²) in [6.07, 6.45) is 2.83. The second-order valence-electron chi connectivity index (χ2n) is 7.66. The lowest BCUT2D eigenvalue weighted by Gasteiger charge is -2.42. The van der Waals surface area contributed by atoms with Gasteiger partial charge in [0.25, 0.3) is 0 Å². The summed E-state index contributed by atoms with van der Waals surface area (Å²) >= 11 is 0. The van der Waals surface area contributed by atoms with Crippen LogP contribution in [0.5, 0.6) is 0 Å². The fourth-order valence-corrected chi connectivity index (χ4v) is 4.05. The third kappa shape index (κ3) is 4.64. The Morgan fingerprint density at radius 2 is 1.63 bits per heavy atom. The maximum Gasteiger partial charge on any atom is 0.239 e. The van der Waals surface area contributed by atoms with Gasteiger partial charge in [0.2, 0.25) is 5.91 Å². The van der Waals surface area contributed by atoms with Crippen molar-refractivity contribution >= 4 is 11.7 Å². The number of piperidine rings is 1. The Labute approximate surface area is 161 Å². The molecule has 4 nitrogen and oxygen atoms in total. The van der Waals surface area contributed by atoms with Gasteiger partial charge in [0.05, 0.1) is 11.5 Å². The summed E-state index contributed by atoms with van der Waals surface area (Å²) < 4.78 is 0. The van der Waals surface area contributed by atoms with Crippen LogP contribution >= 0.6 is 0 Å². The van der Waals surface area contributed by atoms with Crippen LogP contribution in [0.2, 0.25) is 0 Å².